The van der Waals surface area contributed by atoms with Gasteiger partial charge in [-0.3, -0.25) is 9.55 Å². The summed E-state index contributed by atoms with van der Waals surface area (Å²) in [6, 6.07) is 20.7. The van der Waals surface area contributed by atoms with Gasteiger partial charge in [-0.1, -0.05) is 42.5 Å². The van der Waals surface area contributed by atoms with Crippen LogP contribution < -0.4 is 4.90 Å². The van der Waals surface area contributed by atoms with Gasteiger partial charge in [-0.05, 0) is 42.0 Å². The minimum Gasteiger partial charge on any atom is -0.315 e. The molecule has 0 saturated carbocycles. The summed E-state index contributed by atoms with van der Waals surface area (Å²) in [7, 11) is 2.08. The smallest absolute Gasteiger partial charge is 0.203 e. The number of halogens is 1. The maximum atomic E-state index is 13.2. The van der Waals surface area contributed by atoms with E-state index in [1.165, 1.54) is 17.0 Å². The van der Waals surface area contributed by atoms with Gasteiger partial charge in [-0.15, -0.1) is 5.10 Å². The second kappa shape index (κ2) is 9.11. The summed E-state index contributed by atoms with van der Waals surface area (Å²) in [5.41, 5.74) is 3.20. The molecule has 0 aliphatic rings. The molecule has 152 valence electrons. The van der Waals surface area contributed by atoms with Crippen molar-refractivity contribution in [3.63, 3.8) is 0 Å². The number of nitrogens with zero attached hydrogens (tertiary/aromatic N) is 4. The molecule has 1 atom stereocenters. The number of nitrogens with one attached hydrogen (secondary N) is 1. The monoisotopic (exact) mass is 420 g/mol. The van der Waals surface area contributed by atoms with Crippen LogP contribution in [0, 0.1) is 10.6 Å². The maximum absolute atomic E-state index is 13.2. The van der Waals surface area contributed by atoms with E-state index in [-0.39, 0.29) is 5.82 Å². The second-order valence-corrected chi connectivity index (χ2v) is 7.70. The van der Waals surface area contributed by atoms with E-state index in [4.69, 9.17) is 17.3 Å². The predicted molar refractivity (Wildman–Crippen MR) is 117 cm³/mol. The van der Waals surface area contributed by atoms with E-state index in [0.29, 0.717) is 18.0 Å². The van der Waals surface area contributed by atoms with Gasteiger partial charge >= 0.3 is 0 Å². The van der Waals surface area contributed by atoms with E-state index in [1.54, 1.807) is 12.4 Å². The Morgan fingerprint density at radius 2 is 1.63 bits per heavy atom. The Hall–Kier alpha value is -3.16. The van der Waals surface area contributed by atoms with Crippen LogP contribution >= 0.6 is 12.2 Å². The van der Waals surface area contributed by atoms with Crippen molar-refractivity contribution >= 4 is 12.2 Å². The lowest BCUT2D eigenvalue weighted by atomic mass is 10.2. The molecule has 0 amide bonds. The molecular formula is C23H23FN5S+. The number of pyridine rings is 1. The number of benzene rings is 2. The molecule has 0 bridgehead atoms. The summed E-state index contributed by atoms with van der Waals surface area (Å²) in [5, 5.41) is 4.84. The Kier molecular flexibility index (Phi) is 6.11. The van der Waals surface area contributed by atoms with E-state index in [2.05, 4.69) is 28.7 Å². The van der Waals surface area contributed by atoms with E-state index in [0.717, 1.165) is 29.1 Å². The molecule has 0 saturated heterocycles. The molecule has 4 rings (SSSR count). The van der Waals surface area contributed by atoms with Gasteiger partial charge in [0.05, 0.1) is 13.6 Å². The highest BCUT2D eigenvalue weighted by atomic mass is 32.1. The highest BCUT2D eigenvalue weighted by Crippen LogP contribution is 2.19. The van der Waals surface area contributed by atoms with Crippen LogP contribution in [0.3, 0.4) is 0 Å². The van der Waals surface area contributed by atoms with Gasteiger partial charge in [0.15, 0.2) is 12.5 Å². The maximum Gasteiger partial charge on any atom is 0.203 e. The zero-order chi connectivity index (χ0) is 20.9. The Morgan fingerprint density at radius 3 is 2.33 bits per heavy atom. The molecule has 2 heterocycles. The number of rotatable bonds is 7. The first-order valence-electron chi connectivity index (χ1n) is 9.78. The number of hydrogen-bond acceptors (Lipinski definition) is 3. The Bertz CT molecular complexity index is 1150. The quantitative estimate of drug-likeness (QED) is 0.466. The molecule has 7 heteroatoms. The van der Waals surface area contributed by atoms with Gasteiger partial charge in [0.2, 0.25) is 4.77 Å². The van der Waals surface area contributed by atoms with Gasteiger partial charge in [0, 0.05) is 23.5 Å². The van der Waals surface area contributed by atoms with E-state index < -0.39 is 0 Å². The molecule has 1 unspecified atom stereocenters. The minimum absolute atomic E-state index is 0.222. The number of hydrogen-bond donors (Lipinski definition) is 1. The standard InChI is InChI=1S/C23H22FN5S/c1-27(15-19-7-9-21(24)10-8-19)17-29-23(30)28(16-18-5-3-2-4-6-18)22(26-29)20-11-13-25-14-12-20/h2-14H,15-17H2,1H3/p+1. The molecule has 4 aromatic rings. The van der Waals surface area contributed by atoms with Crippen LogP contribution in [0.25, 0.3) is 11.4 Å². The van der Waals surface area contributed by atoms with E-state index in [9.17, 15) is 4.39 Å². The zero-order valence-corrected chi connectivity index (χ0v) is 17.5. The van der Waals surface area contributed by atoms with Gasteiger partial charge in [-0.25, -0.2) is 4.39 Å². The molecule has 2 aromatic heterocycles. The molecule has 2 aromatic carbocycles. The lowest BCUT2D eigenvalue weighted by Crippen LogP contribution is -3.07. The van der Waals surface area contributed by atoms with Gasteiger partial charge in [-0.2, -0.15) is 4.68 Å². The average molecular weight is 421 g/mol. The van der Waals surface area contributed by atoms with Crippen molar-refractivity contribution in [1.82, 2.24) is 19.3 Å². The van der Waals surface area contributed by atoms with Gasteiger partial charge in [0.1, 0.15) is 12.4 Å². The summed E-state index contributed by atoms with van der Waals surface area (Å²) >= 11 is 5.80. The molecule has 5 nitrogen and oxygen atoms in total. The van der Waals surface area contributed by atoms with Gasteiger partial charge < -0.3 is 4.90 Å². The van der Waals surface area contributed by atoms with Crippen molar-refractivity contribution in [1.29, 1.82) is 0 Å². The van der Waals surface area contributed by atoms with Crippen molar-refractivity contribution in [2.75, 3.05) is 7.05 Å². The molecule has 30 heavy (non-hydrogen) atoms. The van der Waals surface area contributed by atoms with Crippen molar-refractivity contribution in [2.24, 2.45) is 0 Å². The average Bonchev–Trinajstić information content (AvgIpc) is 3.06. The predicted octanol–water partition coefficient (Wildman–Crippen LogP) is 3.34. The van der Waals surface area contributed by atoms with Crippen LogP contribution in [-0.2, 0) is 19.8 Å². The molecule has 0 radical (unpaired) electrons. The second-order valence-electron chi connectivity index (χ2n) is 7.33. The molecule has 0 spiro atoms. The molecule has 0 aliphatic heterocycles. The van der Waals surface area contributed by atoms with Crippen LogP contribution in [0.5, 0.6) is 0 Å². The van der Waals surface area contributed by atoms with Crippen LogP contribution in [0.2, 0.25) is 0 Å². The van der Waals surface area contributed by atoms with Crippen molar-refractivity contribution in [3.05, 3.63) is 101 Å². The molecule has 0 aliphatic carbocycles. The van der Waals surface area contributed by atoms with Crippen molar-refractivity contribution in [2.45, 2.75) is 19.8 Å². The van der Waals surface area contributed by atoms with Crippen LogP contribution in [0.1, 0.15) is 11.1 Å². The molecule has 1 N–H and O–H groups in total. The minimum atomic E-state index is -0.222. The summed E-state index contributed by atoms with van der Waals surface area (Å²) in [5.74, 6) is 0.598. The molecular weight excluding hydrogens is 397 g/mol. The SMILES string of the molecule is C[NH+](Cc1ccc(F)cc1)Cn1nc(-c2ccncc2)n(Cc2ccccc2)c1=S. The lowest BCUT2D eigenvalue weighted by Gasteiger charge is -2.13. The number of aromatic nitrogens is 4. The van der Waals surface area contributed by atoms with Gasteiger partial charge in [0.25, 0.3) is 0 Å². The Labute approximate surface area is 180 Å². The summed E-state index contributed by atoms with van der Waals surface area (Å²) in [4.78, 5) is 5.31. The van der Waals surface area contributed by atoms with Crippen LogP contribution in [-0.4, -0.2) is 26.4 Å². The Balaban J connectivity index is 1.63. The van der Waals surface area contributed by atoms with E-state index >= 15 is 0 Å². The van der Waals surface area contributed by atoms with Crippen molar-refractivity contribution < 1.29 is 9.29 Å². The lowest BCUT2D eigenvalue weighted by molar-refractivity contribution is -0.917. The highest BCUT2D eigenvalue weighted by Gasteiger charge is 2.16. The third kappa shape index (κ3) is 4.69. The fraction of sp³-hybridized carbons (Fsp3) is 0.174. The topological polar surface area (TPSA) is 40.1 Å². The van der Waals surface area contributed by atoms with E-state index in [1.807, 2.05) is 47.1 Å². The summed E-state index contributed by atoms with van der Waals surface area (Å²) < 4.78 is 17.8. The Morgan fingerprint density at radius 1 is 0.933 bits per heavy atom. The summed E-state index contributed by atoms with van der Waals surface area (Å²) in [6.45, 7) is 2.00. The normalized spacial score (nSPS) is 12.1. The molecule has 0 fully saturated rings. The highest BCUT2D eigenvalue weighted by molar-refractivity contribution is 7.71. The van der Waals surface area contributed by atoms with Crippen LogP contribution in [0.4, 0.5) is 4.39 Å². The first kappa shape index (κ1) is 20.1. The number of quaternary nitrogens is 1. The summed E-state index contributed by atoms with van der Waals surface area (Å²) in [6.07, 6.45) is 3.52. The first-order valence-corrected chi connectivity index (χ1v) is 10.2. The third-order valence-electron chi connectivity index (χ3n) is 4.88. The first-order chi connectivity index (χ1) is 14.6. The van der Waals surface area contributed by atoms with Crippen molar-refractivity contribution in [3.8, 4) is 11.4 Å². The van der Waals surface area contributed by atoms with Crippen LogP contribution in [0.15, 0.2) is 79.1 Å². The fourth-order valence-electron chi connectivity index (χ4n) is 3.43. The third-order valence-corrected chi connectivity index (χ3v) is 5.31. The fourth-order valence-corrected chi connectivity index (χ4v) is 3.69. The zero-order valence-electron chi connectivity index (χ0n) is 16.7. The largest absolute Gasteiger partial charge is 0.315 e.